The summed E-state index contributed by atoms with van der Waals surface area (Å²) >= 11 is 0. The van der Waals surface area contributed by atoms with E-state index < -0.39 is 0 Å². The molecule has 1 aliphatic heterocycles. The number of anilines is 1. The largest absolute Gasteiger partial charge is 0.421 e. The van der Waals surface area contributed by atoms with Crippen molar-refractivity contribution in [2.45, 2.75) is 32.1 Å². The van der Waals surface area contributed by atoms with E-state index >= 15 is 0 Å². The van der Waals surface area contributed by atoms with E-state index in [1.165, 1.54) is 5.56 Å². The number of aryl methyl sites for hydroxylation is 1. The molecule has 0 aliphatic carbocycles. The summed E-state index contributed by atoms with van der Waals surface area (Å²) in [4.78, 5) is 14.5. The van der Waals surface area contributed by atoms with Crippen molar-refractivity contribution in [1.29, 1.82) is 0 Å². The predicted octanol–water partition coefficient (Wildman–Crippen LogP) is 4.21. The van der Waals surface area contributed by atoms with E-state index in [1.54, 1.807) is 0 Å². The van der Waals surface area contributed by atoms with Gasteiger partial charge in [-0.3, -0.25) is 4.79 Å². The van der Waals surface area contributed by atoms with Gasteiger partial charge in [-0.2, -0.15) is 0 Å². The van der Waals surface area contributed by atoms with Gasteiger partial charge in [-0.15, -0.1) is 10.2 Å². The Morgan fingerprint density at radius 2 is 1.88 bits per heavy atom. The lowest BCUT2D eigenvalue weighted by Gasteiger charge is -2.17. The Labute approximate surface area is 152 Å². The SMILES string of the molecule is CC1CN(C(=O)CCCc2nnc(-c3ccccc3)o2)c2ccccc21. The van der Waals surface area contributed by atoms with Gasteiger partial charge in [0.15, 0.2) is 0 Å². The van der Waals surface area contributed by atoms with Crippen molar-refractivity contribution in [2.24, 2.45) is 0 Å². The van der Waals surface area contributed by atoms with Crippen LogP contribution in [0.3, 0.4) is 0 Å². The van der Waals surface area contributed by atoms with Crippen LogP contribution in [0.2, 0.25) is 0 Å². The monoisotopic (exact) mass is 347 g/mol. The Bertz CT molecular complexity index is 904. The Morgan fingerprint density at radius 1 is 1.12 bits per heavy atom. The van der Waals surface area contributed by atoms with Crippen LogP contribution in [0.15, 0.2) is 59.0 Å². The molecule has 0 N–H and O–H groups in total. The van der Waals surface area contributed by atoms with Crippen LogP contribution in [0.4, 0.5) is 5.69 Å². The number of rotatable bonds is 5. The molecule has 3 aromatic rings. The number of hydrogen-bond donors (Lipinski definition) is 0. The predicted molar refractivity (Wildman–Crippen MR) is 99.9 cm³/mol. The van der Waals surface area contributed by atoms with E-state index in [9.17, 15) is 4.79 Å². The molecule has 0 saturated heterocycles. The van der Waals surface area contributed by atoms with Crippen LogP contribution in [0, 0.1) is 0 Å². The van der Waals surface area contributed by atoms with E-state index in [0.717, 1.165) is 17.8 Å². The third-order valence-corrected chi connectivity index (χ3v) is 4.78. The molecule has 5 heteroatoms. The molecule has 0 saturated carbocycles. The van der Waals surface area contributed by atoms with Crippen LogP contribution in [0.5, 0.6) is 0 Å². The number of nitrogens with zero attached hydrogens (tertiary/aromatic N) is 3. The summed E-state index contributed by atoms with van der Waals surface area (Å²) in [6, 6.07) is 17.9. The second-order valence-corrected chi connectivity index (χ2v) is 6.68. The number of aromatic nitrogens is 2. The maximum Gasteiger partial charge on any atom is 0.247 e. The Morgan fingerprint density at radius 3 is 2.73 bits per heavy atom. The topological polar surface area (TPSA) is 59.2 Å². The van der Waals surface area contributed by atoms with E-state index in [2.05, 4.69) is 23.2 Å². The average molecular weight is 347 g/mol. The fourth-order valence-electron chi connectivity index (χ4n) is 3.43. The zero-order valence-electron chi connectivity index (χ0n) is 14.8. The lowest BCUT2D eigenvalue weighted by atomic mass is 10.0. The van der Waals surface area contributed by atoms with Crippen LogP contribution < -0.4 is 4.90 Å². The van der Waals surface area contributed by atoms with Crippen molar-refractivity contribution in [3.05, 3.63) is 66.1 Å². The van der Waals surface area contributed by atoms with Crippen LogP contribution in [0.25, 0.3) is 11.5 Å². The average Bonchev–Trinajstić information content (AvgIpc) is 3.28. The first-order valence-corrected chi connectivity index (χ1v) is 8.99. The fourth-order valence-corrected chi connectivity index (χ4v) is 3.43. The summed E-state index contributed by atoms with van der Waals surface area (Å²) in [6.07, 6.45) is 1.78. The molecule has 2 heterocycles. The van der Waals surface area contributed by atoms with Crippen LogP contribution in [-0.2, 0) is 11.2 Å². The molecule has 2 aromatic carbocycles. The maximum absolute atomic E-state index is 12.6. The Balaban J connectivity index is 1.34. The molecule has 0 fully saturated rings. The van der Waals surface area contributed by atoms with Crippen molar-refractivity contribution in [3.8, 4) is 11.5 Å². The van der Waals surface area contributed by atoms with Gasteiger partial charge in [-0.25, -0.2) is 0 Å². The standard InChI is InChI=1S/C21H21N3O2/c1-15-14-24(18-11-6-5-10-17(15)18)20(25)13-7-12-19-22-23-21(26-19)16-8-3-2-4-9-16/h2-6,8-11,15H,7,12-14H2,1H3. The zero-order chi connectivity index (χ0) is 17.9. The fraction of sp³-hybridized carbons (Fsp3) is 0.286. The first kappa shape index (κ1) is 16.5. The van der Waals surface area contributed by atoms with Crippen LogP contribution >= 0.6 is 0 Å². The minimum atomic E-state index is 0.157. The quantitative estimate of drug-likeness (QED) is 0.694. The molecule has 0 radical (unpaired) electrons. The summed E-state index contributed by atoms with van der Waals surface area (Å²) in [5.74, 6) is 1.64. The minimum Gasteiger partial charge on any atom is -0.421 e. The zero-order valence-corrected chi connectivity index (χ0v) is 14.8. The summed E-state index contributed by atoms with van der Waals surface area (Å²) in [5.41, 5.74) is 3.21. The van der Waals surface area contributed by atoms with Crippen LogP contribution in [0.1, 0.15) is 37.1 Å². The van der Waals surface area contributed by atoms with Crippen molar-refractivity contribution >= 4 is 11.6 Å². The maximum atomic E-state index is 12.6. The van der Waals surface area contributed by atoms with Gasteiger partial charge < -0.3 is 9.32 Å². The lowest BCUT2D eigenvalue weighted by molar-refractivity contribution is -0.118. The number of hydrogen-bond acceptors (Lipinski definition) is 4. The highest BCUT2D eigenvalue weighted by atomic mass is 16.4. The second kappa shape index (κ2) is 7.12. The smallest absolute Gasteiger partial charge is 0.247 e. The lowest BCUT2D eigenvalue weighted by Crippen LogP contribution is -2.29. The molecular formula is C21H21N3O2. The molecule has 0 bridgehead atoms. The molecule has 132 valence electrons. The van der Waals surface area contributed by atoms with Crippen molar-refractivity contribution < 1.29 is 9.21 Å². The number of fused-ring (bicyclic) bond motifs is 1. The summed E-state index contributed by atoms with van der Waals surface area (Å²) in [7, 11) is 0. The van der Waals surface area contributed by atoms with Gasteiger partial charge in [0.2, 0.25) is 17.7 Å². The number of para-hydroxylation sites is 1. The van der Waals surface area contributed by atoms with Gasteiger partial charge in [0, 0.05) is 36.6 Å². The van der Waals surface area contributed by atoms with Crippen molar-refractivity contribution in [2.75, 3.05) is 11.4 Å². The summed E-state index contributed by atoms with van der Waals surface area (Å²) < 4.78 is 5.70. The number of amides is 1. The van der Waals surface area contributed by atoms with Gasteiger partial charge in [-0.1, -0.05) is 43.3 Å². The molecule has 1 aromatic heterocycles. The van der Waals surface area contributed by atoms with E-state index in [4.69, 9.17) is 4.42 Å². The summed E-state index contributed by atoms with van der Waals surface area (Å²) in [6.45, 7) is 2.92. The molecule has 26 heavy (non-hydrogen) atoms. The molecule has 0 spiro atoms. The van der Waals surface area contributed by atoms with E-state index in [1.807, 2.05) is 53.4 Å². The molecule has 5 nitrogen and oxygen atoms in total. The highest BCUT2D eigenvalue weighted by molar-refractivity contribution is 5.95. The highest BCUT2D eigenvalue weighted by Gasteiger charge is 2.28. The van der Waals surface area contributed by atoms with Crippen molar-refractivity contribution in [3.63, 3.8) is 0 Å². The highest BCUT2D eigenvalue weighted by Crippen LogP contribution is 2.36. The molecule has 1 atom stereocenters. The van der Waals surface area contributed by atoms with Gasteiger partial charge in [-0.05, 0) is 30.2 Å². The second-order valence-electron chi connectivity index (χ2n) is 6.68. The first-order chi connectivity index (χ1) is 12.7. The molecule has 1 unspecified atom stereocenters. The molecule has 1 aliphatic rings. The van der Waals surface area contributed by atoms with Crippen molar-refractivity contribution in [1.82, 2.24) is 10.2 Å². The Kier molecular flexibility index (Phi) is 4.52. The van der Waals surface area contributed by atoms with Crippen LogP contribution in [-0.4, -0.2) is 22.6 Å². The van der Waals surface area contributed by atoms with E-state index in [0.29, 0.717) is 37.0 Å². The summed E-state index contributed by atoms with van der Waals surface area (Å²) in [5, 5.41) is 8.18. The normalized spacial score (nSPS) is 15.9. The number of carbonyl (C=O) groups excluding carboxylic acids is 1. The third-order valence-electron chi connectivity index (χ3n) is 4.78. The van der Waals surface area contributed by atoms with Gasteiger partial charge in [0.1, 0.15) is 0 Å². The van der Waals surface area contributed by atoms with Gasteiger partial charge in [0.05, 0.1) is 0 Å². The molecular weight excluding hydrogens is 326 g/mol. The Hall–Kier alpha value is -2.95. The minimum absolute atomic E-state index is 0.157. The number of benzene rings is 2. The third kappa shape index (κ3) is 3.25. The van der Waals surface area contributed by atoms with E-state index in [-0.39, 0.29) is 5.91 Å². The molecule has 1 amide bonds. The number of carbonyl (C=O) groups is 1. The van der Waals surface area contributed by atoms with Gasteiger partial charge >= 0.3 is 0 Å². The van der Waals surface area contributed by atoms with Gasteiger partial charge in [0.25, 0.3) is 0 Å². The first-order valence-electron chi connectivity index (χ1n) is 8.99. The molecule has 4 rings (SSSR count).